The highest BCUT2D eigenvalue weighted by Crippen LogP contribution is 1.99. The summed E-state index contributed by atoms with van der Waals surface area (Å²) in [6, 6.07) is 0. The van der Waals surface area contributed by atoms with Crippen LogP contribution in [0.2, 0.25) is 0 Å². The topological polar surface area (TPSA) is 113 Å². The molecule has 1 amide bonds. The fraction of sp³-hybridized carbons (Fsp3) is 0.143. The molecule has 15 heavy (non-hydrogen) atoms. The van der Waals surface area contributed by atoms with Gasteiger partial charge in [-0.15, -0.1) is 5.10 Å². The minimum atomic E-state index is -0.759. The van der Waals surface area contributed by atoms with Crippen LogP contribution in [-0.4, -0.2) is 31.0 Å². The highest BCUT2D eigenvalue weighted by Gasteiger charge is 2.11. The summed E-state index contributed by atoms with van der Waals surface area (Å²) in [5, 5.41) is 11.0. The van der Waals surface area contributed by atoms with E-state index >= 15 is 0 Å². The molecule has 2 N–H and O–H groups in total. The standard InChI is InChI=1S/C7H7N6O2/c1-4-2-13(12-10-4)3-5-9-7(6(8)14)15-11-5/h2H,1,3H2,(H2,8,14). The Balaban J connectivity index is 2.14. The highest BCUT2D eigenvalue weighted by atomic mass is 16.5. The van der Waals surface area contributed by atoms with Crippen LogP contribution >= 0.6 is 0 Å². The Morgan fingerprint density at radius 2 is 2.47 bits per heavy atom. The molecule has 0 bridgehead atoms. The molecule has 0 saturated carbocycles. The van der Waals surface area contributed by atoms with Crippen molar-refractivity contribution in [1.29, 1.82) is 0 Å². The van der Waals surface area contributed by atoms with Gasteiger partial charge in [0.05, 0.1) is 5.69 Å². The van der Waals surface area contributed by atoms with Crippen LogP contribution in [0.3, 0.4) is 0 Å². The molecule has 0 atom stereocenters. The van der Waals surface area contributed by atoms with Gasteiger partial charge in [-0.3, -0.25) is 4.79 Å². The first-order valence-electron chi connectivity index (χ1n) is 3.99. The van der Waals surface area contributed by atoms with Gasteiger partial charge in [0.15, 0.2) is 5.82 Å². The Morgan fingerprint density at radius 1 is 1.67 bits per heavy atom. The molecular formula is C7H7N6O2. The second kappa shape index (κ2) is 3.48. The van der Waals surface area contributed by atoms with Gasteiger partial charge >= 0.3 is 11.8 Å². The Labute approximate surface area is 84.1 Å². The van der Waals surface area contributed by atoms with Crippen molar-refractivity contribution in [3.8, 4) is 0 Å². The summed E-state index contributed by atoms with van der Waals surface area (Å²) >= 11 is 0. The number of carbonyl (C=O) groups excluding carboxylic acids is 1. The number of rotatable bonds is 3. The summed E-state index contributed by atoms with van der Waals surface area (Å²) in [4.78, 5) is 14.4. The summed E-state index contributed by atoms with van der Waals surface area (Å²) in [5.41, 5.74) is 5.48. The number of nitrogens with zero attached hydrogens (tertiary/aromatic N) is 5. The molecule has 8 nitrogen and oxygen atoms in total. The SMILES string of the molecule is [CH2]c1cn(Cc2noc(C(N)=O)n2)nn1. The molecule has 0 aliphatic carbocycles. The van der Waals surface area contributed by atoms with Crippen LogP contribution in [0.4, 0.5) is 0 Å². The molecule has 2 heterocycles. The predicted molar refractivity (Wildman–Crippen MR) is 46.4 cm³/mol. The van der Waals surface area contributed by atoms with E-state index in [1.807, 2.05) is 0 Å². The quantitative estimate of drug-likeness (QED) is 0.689. The number of aromatic nitrogens is 5. The largest absolute Gasteiger partial charge is 0.361 e. The average molecular weight is 207 g/mol. The molecule has 8 heteroatoms. The maximum atomic E-state index is 10.7. The second-order valence-electron chi connectivity index (χ2n) is 2.79. The van der Waals surface area contributed by atoms with Crippen molar-refractivity contribution in [1.82, 2.24) is 25.1 Å². The Bertz CT molecular complexity index is 487. The maximum Gasteiger partial charge on any atom is 0.315 e. The minimum absolute atomic E-state index is 0.222. The second-order valence-corrected chi connectivity index (χ2v) is 2.79. The van der Waals surface area contributed by atoms with Crippen LogP contribution < -0.4 is 5.73 Å². The van der Waals surface area contributed by atoms with E-state index in [-0.39, 0.29) is 12.4 Å². The fourth-order valence-corrected chi connectivity index (χ4v) is 0.979. The molecule has 0 fully saturated rings. The van der Waals surface area contributed by atoms with Crippen LogP contribution in [-0.2, 0) is 6.54 Å². The summed E-state index contributed by atoms with van der Waals surface area (Å²) < 4.78 is 6.06. The Hall–Kier alpha value is -2.25. The van der Waals surface area contributed by atoms with Gasteiger partial charge in [-0.1, -0.05) is 10.4 Å². The van der Waals surface area contributed by atoms with Gasteiger partial charge in [-0.25, -0.2) is 4.68 Å². The van der Waals surface area contributed by atoms with E-state index in [0.29, 0.717) is 11.5 Å². The molecule has 0 unspecified atom stereocenters. The molecule has 0 saturated heterocycles. The van der Waals surface area contributed by atoms with Crippen molar-refractivity contribution in [2.24, 2.45) is 5.73 Å². The number of hydrogen-bond acceptors (Lipinski definition) is 6. The van der Waals surface area contributed by atoms with Gasteiger partial charge in [0, 0.05) is 6.20 Å². The van der Waals surface area contributed by atoms with Gasteiger partial charge < -0.3 is 10.3 Å². The molecule has 77 valence electrons. The third-order valence-corrected chi connectivity index (χ3v) is 1.57. The number of carbonyl (C=O) groups is 1. The number of nitrogens with two attached hydrogens (primary N) is 1. The van der Waals surface area contributed by atoms with E-state index in [4.69, 9.17) is 5.73 Å². The Kier molecular flexibility index (Phi) is 2.16. The summed E-state index contributed by atoms with van der Waals surface area (Å²) in [7, 11) is 0. The third kappa shape index (κ3) is 1.98. The zero-order valence-electron chi connectivity index (χ0n) is 7.62. The molecule has 2 aromatic heterocycles. The van der Waals surface area contributed by atoms with Crippen molar-refractivity contribution < 1.29 is 9.32 Å². The third-order valence-electron chi connectivity index (χ3n) is 1.57. The van der Waals surface area contributed by atoms with Gasteiger partial charge in [0.2, 0.25) is 0 Å². The summed E-state index contributed by atoms with van der Waals surface area (Å²) in [6.07, 6.45) is 1.61. The van der Waals surface area contributed by atoms with Gasteiger partial charge in [-0.05, 0) is 6.92 Å². The van der Waals surface area contributed by atoms with E-state index in [2.05, 4.69) is 31.9 Å². The predicted octanol–water partition coefficient (Wildman–Crippen LogP) is -1.01. The molecule has 1 radical (unpaired) electrons. The lowest BCUT2D eigenvalue weighted by Gasteiger charge is -1.91. The van der Waals surface area contributed by atoms with Crippen molar-refractivity contribution in [3.05, 3.63) is 30.5 Å². The van der Waals surface area contributed by atoms with Crippen molar-refractivity contribution in [2.75, 3.05) is 0 Å². The van der Waals surface area contributed by atoms with Crippen molar-refractivity contribution in [2.45, 2.75) is 6.54 Å². The van der Waals surface area contributed by atoms with E-state index in [1.165, 1.54) is 4.68 Å². The summed E-state index contributed by atoms with van der Waals surface area (Å²) in [6.45, 7) is 3.83. The molecule has 2 aromatic rings. The van der Waals surface area contributed by atoms with Crippen molar-refractivity contribution >= 4 is 5.91 Å². The van der Waals surface area contributed by atoms with E-state index in [1.54, 1.807) is 6.20 Å². The first kappa shape index (κ1) is 9.31. The molecule has 2 rings (SSSR count). The number of hydrogen-bond donors (Lipinski definition) is 1. The lowest BCUT2D eigenvalue weighted by atomic mass is 10.5. The number of primary amides is 1. The summed E-state index contributed by atoms with van der Waals surface area (Å²) in [5.74, 6) is -0.682. The Morgan fingerprint density at radius 3 is 3.00 bits per heavy atom. The minimum Gasteiger partial charge on any atom is -0.361 e. The van der Waals surface area contributed by atoms with Gasteiger partial charge in [0.25, 0.3) is 0 Å². The molecular weight excluding hydrogens is 200 g/mol. The average Bonchev–Trinajstić information content (AvgIpc) is 2.76. The highest BCUT2D eigenvalue weighted by molar-refractivity contribution is 5.87. The first-order valence-corrected chi connectivity index (χ1v) is 3.99. The van der Waals surface area contributed by atoms with Gasteiger partial charge in [0.1, 0.15) is 6.54 Å². The van der Waals surface area contributed by atoms with Crippen LogP contribution in [0, 0.1) is 6.92 Å². The number of amides is 1. The van der Waals surface area contributed by atoms with E-state index in [0.717, 1.165) is 0 Å². The van der Waals surface area contributed by atoms with Crippen LogP contribution in [0.5, 0.6) is 0 Å². The lowest BCUT2D eigenvalue weighted by Crippen LogP contribution is -2.11. The normalized spacial score (nSPS) is 10.5. The molecule has 0 spiro atoms. The lowest BCUT2D eigenvalue weighted by molar-refractivity contribution is 0.0958. The molecule has 0 aliphatic heterocycles. The zero-order valence-corrected chi connectivity index (χ0v) is 7.62. The smallest absolute Gasteiger partial charge is 0.315 e. The first-order chi connectivity index (χ1) is 7.15. The molecule has 0 aromatic carbocycles. The van der Waals surface area contributed by atoms with Crippen LogP contribution in [0.15, 0.2) is 10.7 Å². The van der Waals surface area contributed by atoms with E-state index in [9.17, 15) is 4.79 Å². The van der Waals surface area contributed by atoms with Crippen LogP contribution in [0.25, 0.3) is 0 Å². The monoisotopic (exact) mass is 207 g/mol. The fourth-order valence-electron chi connectivity index (χ4n) is 0.979. The molecule has 0 aliphatic rings. The van der Waals surface area contributed by atoms with Crippen LogP contribution in [0.1, 0.15) is 22.2 Å². The van der Waals surface area contributed by atoms with E-state index < -0.39 is 5.91 Å². The maximum absolute atomic E-state index is 10.7. The van der Waals surface area contributed by atoms with Crippen molar-refractivity contribution in [3.63, 3.8) is 0 Å². The van der Waals surface area contributed by atoms with Gasteiger partial charge in [-0.2, -0.15) is 4.98 Å². The zero-order chi connectivity index (χ0) is 10.8.